The maximum Gasteiger partial charge on any atom is 0.255 e. The summed E-state index contributed by atoms with van der Waals surface area (Å²) in [7, 11) is 0. The van der Waals surface area contributed by atoms with Gasteiger partial charge in [-0.2, -0.15) is 5.10 Å². The number of hydrogen-bond donors (Lipinski definition) is 2. The maximum absolute atomic E-state index is 12.7. The van der Waals surface area contributed by atoms with Crippen LogP contribution in [-0.4, -0.2) is 27.6 Å². The normalized spacial score (nSPS) is 10.8. The van der Waals surface area contributed by atoms with Gasteiger partial charge in [-0.1, -0.05) is 11.6 Å². The highest BCUT2D eigenvalue weighted by atomic mass is 35.5. The predicted molar refractivity (Wildman–Crippen MR) is 110 cm³/mol. The van der Waals surface area contributed by atoms with Gasteiger partial charge < -0.3 is 10.6 Å². The molecule has 0 aliphatic heterocycles. The van der Waals surface area contributed by atoms with Crippen LogP contribution >= 0.6 is 11.6 Å². The van der Waals surface area contributed by atoms with Crippen molar-refractivity contribution in [3.63, 3.8) is 0 Å². The molecule has 0 bridgehead atoms. The number of rotatable bonds is 5. The van der Waals surface area contributed by atoms with E-state index >= 15 is 0 Å². The molecule has 0 aliphatic carbocycles. The molecule has 6 nitrogen and oxygen atoms in total. The first-order valence-corrected chi connectivity index (χ1v) is 9.26. The van der Waals surface area contributed by atoms with Crippen molar-refractivity contribution in [2.45, 2.75) is 26.8 Å². The third-order valence-corrected chi connectivity index (χ3v) is 4.34. The summed E-state index contributed by atoms with van der Waals surface area (Å²) >= 11 is 6.06. The molecule has 2 aromatic carbocycles. The molecule has 0 saturated heterocycles. The quantitative estimate of drug-likeness (QED) is 0.677. The van der Waals surface area contributed by atoms with Crippen LogP contribution in [0.3, 0.4) is 0 Å². The molecular weight excluding hydrogens is 376 g/mol. The van der Waals surface area contributed by atoms with Gasteiger partial charge in [0.05, 0.1) is 16.9 Å². The highest BCUT2D eigenvalue weighted by molar-refractivity contribution is 6.31. The van der Waals surface area contributed by atoms with E-state index in [2.05, 4.69) is 15.7 Å². The van der Waals surface area contributed by atoms with E-state index in [4.69, 9.17) is 11.6 Å². The first-order chi connectivity index (χ1) is 13.3. The van der Waals surface area contributed by atoms with Gasteiger partial charge in [-0.25, -0.2) is 4.68 Å². The zero-order chi connectivity index (χ0) is 20.3. The van der Waals surface area contributed by atoms with Crippen LogP contribution in [0.25, 0.3) is 5.69 Å². The van der Waals surface area contributed by atoms with Crippen molar-refractivity contribution in [2.75, 3.05) is 5.32 Å². The van der Waals surface area contributed by atoms with E-state index in [0.717, 1.165) is 11.4 Å². The van der Waals surface area contributed by atoms with Crippen LogP contribution in [0, 0.1) is 6.92 Å². The molecule has 0 spiro atoms. The lowest BCUT2D eigenvalue weighted by atomic mass is 10.1. The summed E-state index contributed by atoms with van der Waals surface area (Å²) in [5, 5.41) is 10.3. The van der Waals surface area contributed by atoms with Gasteiger partial charge in [-0.05, 0) is 69.3 Å². The van der Waals surface area contributed by atoms with E-state index in [9.17, 15) is 9.59 Å². The number of carbonyl (C=O) groups is 2. The Bertz CT molecular complexity index is 1010. The average Bonchev–Trinajstić information content (AvgIpc) is 3.07. The molecule has 144 valence electrons. The predicted octanol–water partition coefficient (Wildman–Crippen LogP) is 4.22. The molecule has 1 aromatic heterocycles. The molecule has 2 N–H and O–H groups in total. The molecule has 0 radical (unpaired) electrons. The summed E-state index contributed by atoms with van der Waals surface area (Å²) in [6.45, 7) is 5.69. The summed E-state index contributed by atoms with van der Waals surface area (Å²) in [5.41, 5.74) is 3.04. The second-order valence-corrected chi connectivity index (χ2v) is 7.14. The number of carbonyl (C=O) groups excluding carboxylic acids is 2. The highest BCUT2D eigenvalue weighted by Crippen LogP contribution is 2.22. The van der Waals surface area contributed by atoms with Gasteiger partial charge in [0.25, 0.3) is 11.8 Å². The van der Waals surface area contributed by atoms with Crippen LogP contribution < -0.4 is 10.6 Å². The first-order valence-electron chi connectivity index (χ1n) is 8.88. The largest absolute Gasteiger partial charge is 0.350 e. The monoisotopic (exact) mass is 396 g/mol. The Morgan fingerprint density at radius 1 is 1.04 bits per heavy atom. The number of anilines is 1. The van der Waals surface area contributed by atoms with E-state index in [1.54, 1.807) is 41.2 Å². The molecule has 3 rings (SSSR count). The summed E-state index contributed by atoms with van der Waals surface area (Å²) in [5.74, 6) is -0.601. The number of aromatic nitrogens is 2. The van der Waals surface area contributed by atoms with Crippen molar-refractivity contribution in [3.8, 4) is 5.69 Å². The molecular formula is C21H21ClN4O2. The number of hydrogen-bond acceptors (Lipinski definition) is 3. The van der Waals surface area contributed by atoms with Gasteiger partial charge in [-0.3, -0.25) is 9.59 Å². The number of aryl methyl sites for hydroxylation is 1. The third kappa shape index (κ3) is 4.40. The van der Waals surface area contributed by atoms with Crippen LogP contribution in [0.1, 0.15) is 40.3 Å². The lowest BCUT2D eigenvalue weighted by Crippen LogP contribution is -2.31. The Balaban J connectivity index is 1.82. The Kier molecular flexibility index (Phi) is 5.80. The third-order valence-electron chi connectivity index (χ3n) is 4.10. The Morgan fingerprint density at radius 3 is 2.36 bits per heavy atom. The average molecular weight is 397 g/mol. The lowest BCUT2D eigenvalue weighted by Gasteiger charge is -2.14. The molecule has 7 heteroatoms. The van der Waals surface area contributed by atoms with Crippen molar-refractivity contribution in [2.24, 2.45) is 0 Å². The zero-order valence-electron chi connectivity index (χ0n) is 15.9. The number of halogens is 1. The fraction of sp³-hybridized carbons (Fsp3) is 0.190. The zero-order valence-corrected chi connectivity index (χ0v) is 16.6. The first kappa shape index (κ1) is 19.6. The molecule has 1 heterocycles. The maximum atomic E-state index is 12.7. The molecule has 0 saturated carbocycles. The smallest absolute Gasteiger partial charge is 0.255 e. The fourth-order valence-electron chi connectivity index (χ4n) is 2.75. The van der Waals surface area contributed by atoms with Crippen molar-refractivity contribution in [1.29, 1.82) is 0 Å². The fourth-order valence-corrected chi connectivity index (χ4v) is 2.92. The number of nitrogens with one attached hydrogen (secondary N) is 2. The van der Waals surface area contributed by atoms with Crippen LogP contribution in [0.15, 0.2) is 54.7 Å². The molecule has 0 aliphatic rings. The lowest BCUT2D eigenvalue weighted by molar-refractivity contribution is 0.0944. The Labute approximate surface area is 168 Å². The van der Waals surface area contributed by atoms with Crippen LogP contribution in [0.4, 0.5) is 5.69 Å². The molecule has 3 aromatic rings. The Morgan fingerprint density at radius 2 is 1.75 bits per heavy atom. The van der Waals surface area contributed by atoms with E-state index in [1.807, 2.05) is 39.0 Å². The molecule has 28 heavy (non-hydrogen) atoms. The van der Waals surface area contributed by atoms with Gasteiger partial charge in [0.1, 0.15) is 0 Å². The Hall–Kier alpha value is -3.12. The SMILES string of the molecule is Cc1ccnn1-c1ccc(C(=O)Nc2cc(Cl)ccc2C(=O)NC(C)C)cc1. The van der Waals surface area contributed by atoms with Crippen molar-refractivity contribution < 1.29 is 9.59 Å². The van der Waals surface area contributed by atoms with Crippen molar-refractivity contribution >= 4 is 29.1 Å². The van der Waals surface area contributed by atoms with E-state index < -0.39 is 0 Å². The number of nitrogens with zero attached hydrogens (tertiary/aromatic N) is 2. The van der Waals surface area contributed by atoms with Gasteiger partial charge in [0.2, 0.25) is 0 Å². The van der Waals surface area contributed by atoms with Gasteiger partial charge in [0.15, 0.2) is 0 Å². The van der Waals surface area contributed by atoms with Gasteiger partial charge in [0, 0.05) is 28.5 Å². The molecule has 0 fully saturated rings. The highest BCUT2D eigenvalue weighted by Gasteiger charge is 2.16. The van der Waals surface area contributed by atoms with Crippen LogP contribution in [0.2, 0.25) is 5.02 Å². The van der Waals surface area contributed by atoms with Crippen molar-refractivity contribution in [3.05, 3.63) is 76.6 Å². The van der Waals surface area contributed by atoms with E-state index in [-0.39, 0.29) is 17.9 Å². The minimum absolute atomic E-state index is 0.0231. The van der Waals surface area contributed by atoms with Gasteiger partial charge >= 0.3 is 0 Å². The van der Waals surface area contributed by atoms with Crippen molar-refractivity contribution in [1.82, 2.24) is 15.1 Å². The molecule has 0 atom stereocenters. The summed E-state index contributed by atoms with van der Waals surface area (Å²) < 4.78 is 1.78. The standard InChI is InChI=1S/C21H21ClN4O2/c1-13(2)24-21(28)18-9-6-16(22)12-19(18)25-20(27)15-4-7-17(8-5-15)26-14(3)10-11-23-26/h4-13H,1-3H3,(H,24,28)(H,25,27). The topological polar surface area (TPSA) is 76.0 Å². The molecule has 2 amide bonds. The summed E-state index contributed by atoms with van der Waals surface area (Å²) in [4.78, 5) is 25.1. The second kappa shape index (κ2) is 8.27. The minimum atomic E-state index is -0.329. The minimum Gasteiger partial charge on any atom is -0.350 e. The second-order valence-electron chi connectivity index (χ2n) is 6.70. The van der Waals surface area contributed by atoms with Crippen LogP contribution in [-0.2, 0) is 0 Å². The van der Waals surface area contributed by atoms with Crippen LogP contribution in [0.5, 0.6) is 0 Å². The van der Waals surface area contributed by atoms with E-state index in [1.165, 1.54) is 0 Å². The van der Waals surface area contributed by atoms with Gasteiger partial charge in [-0.15, -0.1) is 0 Å². The number of benzene rings is 2. The molecule has 0 unspecified atom stereocenters. The summed E-state index contributed by atoms with van der Waals surface area (Å²) in [6.07, 6.45) is 1.72. The van der Waals surface area contributed by atoms with E-state index in [0.29, 0.717) is 21.8 Å². The summed E-state index contributed by atoms with van der Waals surface area (Å²) in [6, 6.07) is 13.7. The number of amides is 2.